The highest BCUT2D eigenvalue weighted by Crippen LogP contribution is 2.32. The van der Waals surface area contributed by atoms with Crippen LogP contribution in [0, 0.1) is 3.57 Å². The Hall–Kier alpha value is -3.87. The third-order valence-electron chi connectivity index (χ3n) is 5.69. The van der Waals surface area contributed by atoms with Crippen molar-refractivity contribution in [3.8, 4) is 6.01 Å². The van der Waals surface area contributed by atoms with E-state index in [1.54, 1.807) is 11.0 Å². The lowest BCUT2D eigenvalue weighted by atomic mass is 10.2. The van der Waals surface area contributed by atoms with Crippen LogP contribution in [0.4, 0.5) is 10.6 Å². The summed E-state index contributed by atoms with van der Waals surface area (Å²) in [6.45, 7) is 7.04. The van der Waals surface area contributed by atoms with Gasteiger partial charge in [0.25, 0.3) is 6.01 Å². The fraction of sp³-hybridized carbons (Fsp3) is 0.167. The Morgan fingerprint density at radius 2 is 1.97 bits per heavy atom. The first-order valence-corrected chi connectivity index (χ1v) is 11.9. The topological polar surface area (TPSA) is 125 Å². The number of imidazole rings is 2. The molecule has 0 saturated carbocycles. The predicted octanol–water partition coefficient (Wildman–Crippen LogP) is 4.36. The third-order valence-corrected chi connectivity index (χ3v) is 6.41. The summed E-state index contributed by atoms with van der Waals surface area (Å²) in [6.07, 6.45) is 0. The first-order chi connectivity index (χ1) is 16.8. The van der Waals surface area contributed by atoms with Crippen LogP contribution in [0.15, 0.2) is 49.0 Å². The molecule has 2 amide bonds. The fourth-order valence-corrected chi connectivity index (χ4v) is 4.37. The van der Waals surface area contributed by atoms with E-state index in [2.05, 4.69) is 44.5 Å². The van der Waals surface area contributed by atoms with Crippen LogP contribution in [-0.2, 0) is 19.7 Å². The van der Waals surface area contributed by atoms with Crippen LogP contribution >= 0.6 is 22.6 Å². The Labute approximate surface area is 213 Å². The molecule has 2 aromatic heterocycles. The molecule has 1 aliphatic rings. The number of hydrogen-bond donors (Lipinski definition) is 3. The number of carbonyl (C=O) groups excluding carboxylic acids is 1. The molecule has 0 unspecified atom stereocenters. The van der Waals surface area contributed by atoms with Crippen molar-refractivity contribution in [2.24, 2.45) is 0 Å². The first kappa shape index (κ1) is 22.9. The minimum atomic E-state index is -1.02. The van der Waals surface area contributed by atoms with Gasteiger partial charge in [0.1, 0.15) is 18.1 Å². The van der Waals surface area contributed by atoms with E-state index in [-0.39, 0.29) is 24.2 Å². The molecule has 0 bridgehead atoms. The molecule has 5 rings (SSSR count). The van der Waals surface area contributed by atoms with Gasteiger partial charge in [-0.25, -0.2) is 14.6 Å². The van der Waals surface area contributed by atoms with Crippen LogP contribution in [0.2, 0.25) is 0 Å². The standard InChI is InChI=1S/C24H21IN6O4/c1-3-30-19(12-35-23-27-17-9-6-15(22(32)33)10-18(17)28-23)29-21-20(30)13(2)26-24(34)31(21)11-14-4-7-16(25)8-5-14/h4-10H,2-3,11-12H2,1H3,(H,26,34)(H,27,28)(H,32,33). The maximum absolute atomic E-state index is 12.8. The van der Waals surface area contributed by atoms with E-state index in [4.69, 9.17) is 9.72 Å². The number of anilines is 1. The fourth-order valence-electron chi connectivity index (χ4n) is 4.01. The van der Waals surface area contributed by atoms with Gasteiger partial charge in [0.2, 0.25) is 0 Å². The van der Waals surface area contributed by atoms with Crippen LogP contribution < -0.4 is 15.0 Å². The van der Waals surface area contributed by atoms with Crippen LogP contribution in [-0.4, -0.2) is 36.6 Å². The summed E-state index contributed by atoms with van der Waals surface area (Å²) in [7, 11) is 0. The number of nitrogens with zero attached hydrogens (tertiary/aromatic N) is 4. The van der Waals surface area contributed by atoms with Gasteiger partial charge in [0.15, 0.2) is 5.82 Å². The number of carbonyl (C=O) groups is 2. The molecule has 0 fully saturated rings. The number of urea groups is 1. The van der Waals surface area contributed by atoms with Gasteiger partial charge < -0.3 is 24.7 Å². The molecule has 11 heteroatoms. The van der Waals surface area contributed by atoms with Gasteiger partial charge >= 0.3 is 12.0 Å². The summed E-state index contributed by atoms with van der Waals surface area (Å²) in [4.78, 5) is 37.7. The zero-order valence-corrected chi connectivity index (χ0v) is 20.9. The molecular weight excluding hydrogens is 563 g/mol. The number of aromatic nitrogens is 4. The van der Waals surface area contributed by atoms with Gasteiger partial charge in [-0.05, 0) is 65.4 Å². The summed E-state index contributed by atoms with van der Waals surface area (Å²) >= 11 is 2.24. The van der Waals surface area contributed by atoms with Crippen molar-refractivity contribution >= 4 is 57.1 Å². The van der Waals surface area contributed by atoms with Crippen molar-refractivity contribution in [2.75, 3.05) is 4.90 Å². The Morgan fingerprint density at radius 3 is 2.69 bits per heavy atom. The highest BCUT2D eigenvalue weighted by molar-refractivity contribution is 14.1. The Balaban J connectivity index is 1.43. The molecule has 0 saturated heterocycles. The smallest absolute Gasteiger partial charge is 0.335 e. The second-order valence-corrected chi connectivity index (χ2v) is 9.18. The van der Waals surface area contributed by atoms with E-state index in [0.29, 0.717) is 41.5 Å². The molecule has 1 aliphatic heterocycles. The lowest BCUT2D eigenvalue weighted by molar-refractivity contribution is 0.0697. The van der Waals surface area contributed by atoms with Crippen LogP contribution in [0.1, 0.15) is 34.4 Å². The number of hydrogen-bond acceptors (Lipinski definition) is 5. The lowest BCUT2D eigenvalue weighted by Gasteiger charge is -2.28. The highest BCUT2D eigenvalue weighted by Gasteiger charge is 2.32. The number of H-pyrrole nitrogens is 1. The number of nitrogens with one attached hydrogen (secondary N) is 2. The number of aromatic carboxylic acids is 1. The number of carboxylic acids is 1. The molecule has 0 radical (unpaired) electrons. The van der Waals surface area contributed by atoms with Crippen molar-refractivity contribution in [3.05, 3.63) is 75.3 Å². The average Bonchev–Trinajstić information content (AvgIpc) is 3.42. The van der Waals surface area contributed by atoms with E-state index < -0.39 is 5.97 Å². The van der Waals surface area contributed by atoms with Crippen LogP contribution in [0.5, 0.6) is 6.01 Å². The number of benzene rings is 2. The third kappa shape index (κ3) is 4.34. The zero-order chi connectivity index (χ0) is 24.7. The molecular formula is C24H21IN6O4. The van der Waals surface area contributed by atoms with Gasteiger partial charge in [-0.1, -0.05) is 18.7 Å². The Bertz CT molecular complexity index is 1470. The largest absolute Gasteiger partial charge is 0.478 e. The molecule has 4 aromatic rings. The summed E-state index contributed by atoms with van der Waals surface area (Å²) in [5, 5.41) is 12.0. The normalized spacial score (nSPS) is 13.1. The highest BCUT2D eigenvalue weighted by atomic mass is 127. The van der Waals surface area contributed by atoms with Crippen LogP contribution in [0.25, 0.3) is 16.7 Å². The maximum atomic E-state index is 12.8. The Morgan fingerprint density at radius 1 is 1.20 bits per heavy atom. The van der Waals surface area contributed by atoms with E-state index in [1.807, 2.05) is 35.8 Å². The van der Waals surface area contributed by atoms with E-state index in [0.717, 1.165) is 14.8 Å². The minimum Gasteiger partial charge on any atom is -0.478 e. The molecule has 178 valence electrons. The SMILES string of the molecule is C=C1NC(=O)N(Cc2ccc(I)cc2)c2nc(COc3nc4ccc(C(=O)O)cc4[nH]3)n(CC)c21. The quantitative estimate of drug-likeness (QED) is 0.277. The molecule has 3 heterocycles. The summed E-state index contributed by atoms with van der Waals surface area (Å²) in [5.74, 6) is 0.112. The average molecular weight is 584 g/mol. The number of aromatic amines is 1. The molecule has 0 spiro atoms. The predicted molar refractivity (Wildman–Crippen MR) is 138 cm³/mol. The van der Waals surface area contributed by atoms with Crippen molar-refractivity contribution in [3.63, 3.8) is 0 Å². The molecule has 10 nitrogen and oxygen atoms in total. The first-order valence-electron chi connectivity index (χ1n) is 10.8. The molecule has 0 aliphatic carbocycles. The van der Waals surface area contributed by atoms with E-state index >= 15 is 0 Å². The number of carboxylic acid groups (broad SMARTS) is 1. The summed E-state index contributed by atoms with van der Waals surface area (Å²) in [6, 6.07) is 12.5. The maximum Gasteiger partial charge on any atom is 0.335 e. The van der Waals surface area contributed by atoms with E-state index in [1.165, 1.54) is 12.1 Å². The zero-order valence-electron chi connectivity index (χ0n) is 18.7. The van der Waals surface area contributed by atoms with Crippen molar-refractivity contribution in [1.82, 2.24) is 24.8 Å². The molecule has 0 atom stereocenters. The minimum absolute atomic E-state index is 0.0886. The van der Waals surface area contributed by atoms with Gasteiger partial charge in [0.05, 0.1) is 28.8 Å². The van der Waals surface area contributed by atoms with Crippen molar-refractivity contribution < 1.29 is 19.4 Å². The molecule has 3 N–H and O–H groups in total. The van der Waals surface area contributed by atoms with Gasteiger partial charge in [-0.15, -0.1) is 0 Å². The second kappa shape index (κ2) is 9.06. The second-order valence-electron chi connectivity index (χ2n) is 7.93. The number of rotatable bonds is 7. The van der Waals surface area contributed by atoms with Gasteiger partial charge in [0, 0.05) is 10.1 Å². The number of fused-ring (bicyclic) bond motifs is 2. The van der Waals surface area contributed by atoms with E-state index in [9.17, 15) is 14.7 Å². The molecule has 35 heavy (non-hydrogen) atoms. The number of halogens is 1. The molecule has 2 aromatic carbocycles. The lowest BCUT2D eigenvalue weighted by Crippen LogP contribution is -2.43. The summed E-state index contributed by atoms with van der Waals surface area (Å²) in [5.41, 5.74) is 3.50. The van der Waals surface area contributed by atoms with Crippen LogP contribution in [0.3, 0.4) is 0 Å². The summed E-state index contributed by atoms with van der Waals surface area (Å²) < 4.78 is 8.94. The Kier molecular flexibility index (Phi) is 5.93. The number of ether oxygens (including phenoxy) is 1. The van der Waals surface area contributed by atoms with Crippen molar-refractivity contribution in [2.45, 2.75) is 26.6 Å². The van der Waals surface area contributed by atoms with Gasteiger partial charge in [-0.2, -0.15) is 4.98 Å². The van der Waals surface area contributed by atoms with Gasteiger partial charge in [-0.3, -0.25) is 4.90 Å². The number of amides is 2. The van der Waals surface area contributed by atoms with Crippen molar-refractivity contribution in [1.29, 1.82) is 0 Å². The monoisotopic (exact) mass is 584 g/mol.